The Hall–Kier alpha value is -0.730. The summed E-state index contributed by atoms with van der Waals surface area (Å²) >= 11 is 5.99. The maximum absolute atomic E-state index is 10.3. The number of aliphatic hydroxyl groups excluding tert-OH is 1. The van der Waals surface area contributed by atoms with E-state index in [0.29, 0.717) is 16.7 Å². The molecule has 3 heteroatoms. The number of benzene rings is 1. The maximum Gasteiger partial charge on any atom is 0.137 e. The van der Waals surface area contributed by atoms with Crippen molar-refractivity contribution in [3.8, 4) is 5.75 Å². The average molecular weight is 285 g/mol. The predicted octanol–water partition coefficient (Wildman–Crippen LogP) is 4.84. The zero-order valence-corrected chi connectivity index (χ0v) is 13.3. The van der Waals surface area contributed by atoms with E-state index in [2.05, 4.69) is 27.7 Å². The highest BCUT2D eigenvalue weighted by Gasteiger charge is 2.19. The molecule has 0 bridgehead atoms. The second kappa shape index (κ2) is 6.62. The van der Waals surface area contributed by atoms with Gasteiger partial charge in [-0.05, 0) is 41.9 Å². The lowest BCUT2D eigenvalue weighted by molar-refractivity contribution is 0.134. The Morgan fingerprint density at radius 3 is 2.47 bits per heavy atom. The molecule has 0 spiro atoms. The highest BCUT2D eigenvalue weighted by atomic mass is 35.5. The number of aliphatic hydroxyl groups is 1. The van der Waals surface area contributed by atoms with E-state index in [1.807, 2.05) is 12.1 Å². The Bertz CT molecular complexity index is 410. The summed E-state index contributed by atoms with van der Waals surface area (Å²) in [4.78, 5) is 0. The number of ether oxygens (including phenoxy) is 1. The minimum Gasteiger partial charge on any atom is -0.495 e. The van der Waals surface area contributed by atoms with Gasteiger partial charge in [0.1, 0.15) is 5.75 Å². The second-order valence-corrected chi connectivity index (χ2v) is 6.92. The zero-order valence-electron chi connectivity index (χ0n) is 12.5. The average Bonchev–Trinajstić information content (AvgIpc) is 2.26. The van der Waals surface area contributed by atoms with Gasteiger partial charge in [0.2, 0.25) is 0 Å². The van der Waals surface area contributed by atoms with Crippen molar-refractivity contribution in [2.24, 2.45) is 11.3 Å². The first-order valence-corrected chi connectivity index (χ1v) is 7.12. The lowest BCUT2D eigenvalue weighted by Crippen LogP contribution is -2.13. The minimum absolute atomic E-state index is 0.289. The van der Waals surface area contributed by atoms with Crippen molar-refractivity contribution in [2.45, 2.75) is 46.6 Å². The van der Waals surface area contributed by atoms with Gasteiger partial charge in [0.05, 0.1) is 18.2 Å². The molecule has 0 aliphatic rings. The molecule has 0 saturated carbocycles. The molecular formula is C16H25ClO2. The Morgan fingerprint density at radius 2 is 1.95 bits per heavy atom. The SMILES string of the molecule is COc1cc(C(O)CC(C)CC(C)(C)C)ccc1Cl. The van der Waals surface area contributed by atoms with Gasteiger partial charge in [0.15, 0.2) is 0 Å². The first-order chi connectivity index (χ1) is 8.73. The van der Waals surface area contributed by atoms with Crippen LogP contribution in [0.25, 0.3) is 0 Å². The summed E-state index contributed by atoms with van der Waals surface area (Å²) in [6, 6.07) is 5.45. The number of methoxy groups -OCH3 is 1. The molecule has 0 radical (unpaired) electrons. The molecule has 0 amide bonds. The van der Waals surface area contributed by atoms with Gasteiger partial charge in [-0.25, -0.2) is 0 Å². The number of rotatable bonds is 5. The fourth-order valence-electron chi connectivity index (χ4n) is 2.53. The molecule has 2 unspecified atom stereocenters. The van der Waals surface area contributed by atoms with E-state index < -0.39 is 6.10 Å². The molecule has 1 aromatic rings. The molecule has 0 fully saturated rings. The van der Waals surface area contributed by atoms with Crippen molar-refractivity contribution in [1.29, 1.82) is 0 Å². The van der Waals surface area contributed by atoms with Crippen LogP contribution in [0, 0.1) is 11.3 Å². The molecule has 0 saturated heterocycles. The predicted molar refractivity (Wildman–Crippen MR) is 80.8 cm³/mol. The van der Waals surface area contributed by atoms with Crippen LogP contribution in [-0.2, 0) is 0 Å². The molecule has 1 rings (SSSR count). The third-order valence-corrected chi connectivity index (χ3v) is 3.46. The lowest BCUT2D eigenvalue weighted by atomic mass is 9.82. The summed E-state index contributed by atoms with van der Waals surface area (Å²) in [6.45, 7) is 8.85. The van der Waals surface area contributed by atoms with E-state index in [9.17, 15) is 5.11 Å². The van der Waals surface area contributed by atoms with E-state index in [-0.39, 0.29) is 5.41 Å². The Morgan fingerprint density at radius 1 is 1.32 bits per heavy atom. The summed E-state index contributed by atoms with van der Waals surface area (Å²) < 4.78 is 5.18. The van der Waals surface area contributed by atoms with Gasteiger partial charge < -0.3 is 9.84 Å². The van der Waals surface area contributed by atoms with Crippen molar-refractivity contribution in [1.82, 2.24) is 0 Å². The summed E-state index contributed by atoms with van der Waals surface area (Å²) in [6.07, 6.45) is 1.38. The molecule has 0 aromatic heterocycles. The van der Waals surface area contributed by atoms with Gasteiger partial charge in [0.25, 0.3) is 0 Å². The normalized spacial score (nSPS) is 15.1. The van der Waals surface area contributed by atoms with Crippen LogP contribution in [0.15, 0.2) is 18.2 Å². The molecule has 0 heterocycles. The second-order valence-electron chi connectivity index (χ2n) is 6.52. The molecule has 0 aliphatic carbocycles. The molecule has 0 aliphatic heterocycles. The Kier molecular flexibility index (Phi) is 5.69. The fraction of sp³-hybridized carbons (Fsp3) is 0.625. The number of hydrogen-bond donors (Lipinski definition) is 1. The third kappa shape index (κ3) is 5.42. The maximum atomic E-state index is 10.3. The number of halogens is 1. The fourth-order valence-corrected chi connectivity index (χ4v) is 2.72. The summed E-state index contributed by atoms with van der Waals surface area (Å²) in [5.41, 5.74) is 1.15. The van der Waals surface area contributed by atoms with Crippen molar-refractivity contribution in [3.63, 3.8) is 0 Å². The van der Waals surface area contributed by atoms with E-state index in [1.165, 1.54) is 0 Å². The van der Waals surface area contributed by atoms with Gasteiger partial charge in [-0.2, -0.15) is 0 Å². The molecule has 19 heavy (non-hydrogen) atoms. The van der Waals surface area contributed by atoms with E-state index in [1.54, 1.807) is 13.2 Å². The smallest absolute Gasteiger partial charge is 0.137 e. The summed E-state index contributed by atoms with van der Waals surface area (Å²) in [5.74, 6) is 1.08. The van der Waals surface area contributed by atoms with Gasteiger partial charge >= 0.3 is 0 Å². The largest absolute Gasteiger partial charge is 0.495 e. The molecule has 1 aromatic carbocycles. The number of hydrogen-bond acceptors (Lipinski definition) is 2. The van der Waals surface area contributed by atoms with Crippen molar-refractivity contribution in [2.75, 3.05) is 7.11 Å². The highest BCUT2D eigenvalue weighted by molar-refractivity contribution is 6.32. The van der Waals surface area contributed by atoms with Crippen LogP contribution < -0.4 is 4.74 Å². The van der Waals surface area contributed by atoms with E-state index in [4.69, 9.17) is 16.3 Å². The molecule has 108 valence electrons. The van der Waals surface area contributed by atoms with Gasteiger partial charge in [0, 0.05) is 0 Å². The highest BCUT2D eigenvalue weighted by Crippen LogP contribution is 2.33. The van der Waals surface area contributed by atoms with Crippen LogP contribution in [0.1, 0.15) is 52.2 Å². The summed E-state index contributed by atoms with van der Waals surface area (Å²) in [7, 11) is 1.58. The van der Waals surface area contributed by atoms with Crippen LogP contribution in [0.4, 0.5) is 0 Å². The molecule has 2 nitrogen and oxygen atoms in total. The van der Waals surface area contributed by atoms with Gasteiger partial charge in [-0.1, -0.05) is 45.4 Å². The first kappa shape index (κ1) is 16.3. The molecule has 1 N–H and O–H groups in total. The van der Waals surface area contributed by atoms with E-state index in [0.717, 1.165) is 18.4 Å². The van der Waals surface area contributed by atoms with E-state index >= 15 is 0 Å². The Labute approximate surface area is 121 Å². The molecule has 2 atom stereocenters. The van der Waals surface area contributed by atoms with Crippen molar-refractivity contribution < 1.29 is 9.84 Å². The van der Waals surface area contributed by atoms with Crippen molar-refractivity contribution in [3.05, 3.63) is 28.8 Å². The zero-order chi connectivity index (χ0) is 14.6. The van der Waals surface area contributed by atoms with Crippen molar-refractivity contribution >= 4 is 11.6 Å². The topological polar surface area (TPSA) is 29.5 Å². The summed E-state index contributed by atoms with van der Waals surface area (Å²) in [5, 5.41) is 10.9. The van der Waals surface area contributed by atoms with Crippen LogP contribution in [0.5, 0.6) is 5.75 Å². The van der Waals surface area contributed by atoms with Crippen LogP contribution in [0.3, 0.4) is 0 Å². The quantitative estimate of drug-likeness (QED) is 0.838. The standard InChI is InChI=1S/C16H25ClO2/c1-11(10-16(2,3)4)8-14(18)12-6-7-13(17)15(9-12)19-5/h6-7,9,11,14,18H,8,10H2,1-5H3. The Balaban J connectivity index is 2.70. The van der Waals surface area contributed by atoms with Gasteiger partial charge in [-0.15, -0.1) is 0 Å². The lowest BCUT2D eigenvalue weighted by Gasteiger charge is -2.25. The van der Waals surface area contributed by atoms with Crippen LogP contribution in [0.2, 0.25) is 5.02 Å². The molecular weight excluding hydrogens is 260 g/mol. The monoisotopic (exact) mass is 284 g/mol. The van der Waals surface area contributed by atoms with Crippen LogP contribution in [-0.4, -0.2) is 12.2 Å². The first-order valence-electron chi connectivity index (χ1n) is 6.74. The van der Waals surface area contributed by atoms with Gasteiger partial charge in [-0.3, -0.25) is 0 Å². The van der Waals surface area contributed by atoms with Crippen LogP contribution >= 0.6 is 11.6 Å². The minimum atomic E-state index is -0.469. The third-order valence-electron chi connectivity index (χ3n) is 3.15.